The zero-order valence-electron chi connectivity index (χ0n) is 13.7. The molecule has 0 amide bonds. The van der Waals surface area contributed by atoms with E-state index in [0.717, 1.165) is 5.56 Å². The van der Waals surface area contributed by atoms with E-state index >= 15 is 0 Å². The third kappa shape index (κ3) is 4.70. The van der Waals surface area contributed by atoms with Gasteiger partial charge in [-0.3, -0.25) is 4.98 Å². The number of rotatable bonds is 5. The molecule has 1 aromatic heterocycles. The second-order valence-electron chi connectivity index (χ2n) is 5.34. The predicted molar refractivity (Wildman–Crippen MR) is 97.8 cm³/mol. The molecule has 0 aliphatic rings. The standard InChI is InChI=1S/C21H15FN2O2/c22-19-11-9-17(10-12-19)21(18-7-4-14-23-15-18)24-26-20(25)13-8-16-5-2-1-3-6-16/h1-15H. The SMILES string of the molecule is O=C(C=Cc1ccccc1)ON=C(c1ccc(F)cc1)c1cccnc1. The summed E-state index contributed by atoms with van der Waals surface area (Å²) >= 11 is 0. The smallest absolute Gasteiger partial charge is 0.313 e. The quantitative estimate of drug-likeness (QED) is 0.301. The Kier molecular flexibility index (Phi) is 5.62. The Morgan fingerprint density at radius 3 is 2.42 bits per heavy atom. The van der Waals surface area contributed by atoms with Crippen LogP contribution in [-0.2, 0) is 9.63 Å². The lowest BCUT2D eigenvalue weighted by molar-refractivity contribution is -0.137. The molecule has 0 spiro atoms. The second kappa shape index (κ2) is 8.48. The molecule has 3 rings (SSSR count). The maximum atomic E-state index is 13.2. The lowest BCUT2D eigenvalue weighted by Gasteiger charge is -2.05. The summed E-state index contributed by atoms with van der Waals surface area (Å²) < 4.78 is 13.2. The van der Waals surface area contributed by atoms with Crippen LogP contribution in [0.2, 0.25) is 0 Å². The maximum Gasteiger partial charge on any atom is 0.358 e. The lowest BCUT2D eigenvalue weighted by atomic mass is 10.0. The Hall–Kier alpha value is -3.60. The minimum Gasteiger partial charge on any atom is -0.313 e. The normalized spacial score (nSPS) is 11.5. The number of hydrogen-bond donors (Lipinski definition) is 0. The molecule has 0 N–H and O–H groups in total. The van der Waals surface area contributed by atoms with E-state index < -0.39 is 5.97 Å². The number of benzene rings is 2. The molecule has 0 aliphatic heterocycles. The molecule has 0 unspecified atom stereocenters. The molecular formula is C21H15FN2O2. The van der Waals surface area contributed by atoms with E-state index in [-0.39, 0.29) is 5.82 Å². The molecule has 0 bridgehead atoms. The van der Waals surface area contributed by atoms with Gasteiger partial charge in [-0.15, -0.1) is 0 Å². The number of nitrogens with zero attached hydrogens (tertiary/aromatic N) is 2. The van der Waals surface area contributed by atoms with Crippen molar-refractivity contribution in [2.75, 3.05) is 0 Å². The molecule has 4 nitrogen and oxygen atoms in total. The minimum absolute atomic E-state index is 0.359. The van der Waals surface area contributed by atoms with Gasteiger partial charge >= 0.3 is 5.97 Å². The highest BCUT2D eigenvalue weighted by Crippen LogP contribution is 2.12. The highest BCUT2D eigenvalue weighted by Gasteiger charge is 2.09. The van der Waals surface area contributed by atoms with Gasteiger partial charge in [0.25, 0.3) is 0 Å². The van der Waals surface area contributed by atoms with Gasteiger partial charge in [-0.1, -0.05) is 35.5 Å². The number of pyridine rings is 1. The number of carbonyl (C=O) groups is 1. The fourth-order valence-electron chi connectivity index (χ4n) is 2.23. The molecular weight excluding hydrogens is 331 g/mol. The van der Waals surface area contributed by atoms with Gasteiger partial charge in [0.15, 0.2) is 0 Å². The van der Waals surface area contributed by atoms with E-state index in [0.29, 0.717) is 16.8 Å². The van der Waals surface area contributed by atoms with Gasteiger partial charge in [0.1, 0.15) is 11.5 Å². The zero-order chi connectivity index (χ0) is 18.2. The number of carbonyl (C=O) groups excluding carboxylic acids is 1. The summed E-state index contributed by atoms with van der Waals surface area (Å²) in [5, 5.41) is 3.96. The molecule has 0 saturated carbocycles. The summed E-state index contributed by atoms with van der Waals surface area (Å²) in [6, 6.07) is 18.7. The Balaban J connectivity index is 1.81. The molecule has 128 valence electrons. The number of oxime groups is 1. The number of aromatic nitrogens is 1. The first-order valence-corrected chi connectivity index (χ1v) is 7.91. The Morgan fingerprint density at radius 1 is 0.962 bits per heavy atom. The highest BCUT2D eigenvalue weighted by atomic mass is 19.1. The van der Waals surface area contributed by atoms with Crippen molar-refractivity contribution in [1.29, 1.82) is 0 Å². The van der Waals surface area contributed by atoms with Crippen molar-refractivity contribution in [3.63, 3.8) is 0 Å². The Morgan fingerprint density at radius 2 is 1.73 bits per heavy atom. The molecule has 2 aromatic carbocycles. The summed E-state index contributed by atoms with van der Waals surface area (Å²) in [5.41, 5.74) is 2.53. The van der Waals surface area contributed by atoms with Crippen LogP contribution >= 0.6 is 0 Å². The molecule has 0 atom stereocenters. The minimum atomic E-state index is -0.614. The van der Waals surface area contributed by atoms with Gasteiger partial charge in [-0.05, 0) is 48.0 Å². The van der Waals surface area contributed by atoms with E-state index in [1.54, 1.807) is 42.7 Å². The molecule has 5 heteroatoms. The second-order valence-corrected chi connectivity index (χ2v) is 5.34. The van der Waals surface area contributed by atoms with Crippen LogP contribution in [-0.4, -0.2) is 16.7 Å². The first kappa shape index (κ1) is 17.2. The lowest BCUT2D eigenvalue weighted by Crippen LogP contribution is -2.07. The van der Waals surface area contributed by atoms with Crippen molar-refractivity contribution in [2.24, 2.45) is 5.16 Å². The van der Waals surface area contributed by atoms with Crippen molar-refractivity contribution in [3.8, 4) is 0 Å². The molecule has 0 aliphatic carbocycles. The van der Waals surface area contributed by atoms with Gasteiger partial charge in [-0.25, -0.2) is 9.18 Å². The van der Waals surface area contributed by atoms with Crippen LogP contribution in [0.1, 0.15) is 16.7 Å². The van der Waals surface area contributed by atoms with Crippen molar-refractivity contribution < 1.29 is 14.0 Å². The Bertz CT molecular complexity index is 921. The largest absolute Gasteiger partial charge is 0.358 e. The van der Waals surface area contributed by atoms with Gasteiger partial charge in [-0.2, -0.15) is 0 Å². The van der Waals surface area contributed by atoms with E-state index in [4.69, 9.17) is 4.84 Å². The van der Waals surface area contributed by atoms with Crippen LogP contribution in [0.15, 0.2) is 90.4 Å². The van der Waals surface area contributed by atoms with Crippen LogP contribution in [0.5, 0.6) is 0 Å². The topological polar surface area (TPSA) is 51.5 Å². The first-order valence-electron chi connectivity index (χ1n) is 7.91. The molecule has 26 heavy (non-hydrogen) atoms. The zero-order valence-corrected chi connectivity index (χ0v) is 13.7. The third-order valence-electron chi connectivity index (χ3n) is 3.49. The predicted octanol–water partition coefficient (Wildman–Crippen LogP) is 4.23. The van der Waals surface area contributed by atoms with Gasteiger partial charge in [0.2, 0.25) is 0 Å². The summed E-state index contributed by atoms with van der Waals surface area (Å²) in [5.74, 6) is -0.973. The molecule has 0 radical (unpaired) electrons. The van der Waals surface area contributed by atoms with E-state index in [1.165, 1.54) is 18.2 Å². The van der Waals surface area contributed by atoms with E-state index in [1.807, 2.05) is 30.3 Å². The van der Waals surface area contributed by atoms with Crippen LogP contribution in [0.4, 0.5) is 4.39 Å². The monoisotopic (exact) mass is 346 g/mol. The third-order valence-corrected chi connectivity index (χ3v) is 3.49. The van der Waals surface area contributed by atoms with Crippen molar-refractivity contribution in [3.05, 3.63) is 108 Å². The van der Waals surface area contributed by atoms with Crippen LogP contribution < -0.4 is 0 Å². The molecule has 3 aromatic rings. The number of halogens is 1. The van der Waals surface area contributed by atoms with E-state index in [9.17, 15) is 9.18 Å². The van der Waals surface area contributed by atoms with Gasteiger partial charge < -0.3 is 4.84 Å². The fraction of sp³-hybridized carbons (Fsp3) is 0. The average molecular weight is 346 g/mol. The van der Waals surface area contributed by atoms with Crippen molar-refractivity contribution >= 4 is 17.8 Å². The summed E-state index contributed by atoms with van der Waals surface area (Å²) in [6.45, 7) is 0. The van der Waals surface area contributed by atoms with Crippen LogP contribution in [0.3, 0.4) is 0 Å². The van der Waals surface area contributed by atoms with Gasteiger partial charge in [0, 0.05) is 29.6 Å². The fourth-order valence-corrected chi connectivity index (χ4v) is 2.23. The molecule has 0 saturated heterocycles. The molecule has 0 fully saturated rings. The summed E-state index contributed by atoms with van der Waals surface area (Å²) in [7, 11) is 0. The maximum absolute atomic E-state index is 13.2. The first-order chi connectivity index (χ1) is 12.7. The molecule has 1 heterocycles. The number of hydrogen-bond acceptors (Lipinski definition) is 4. The highest BCUT2D eigenvalue weighted by molar-refractivity contribution is 6.12. The summed E-state index contributed by atoms with van der Waals surface area (Å²) in [4.78, 5) is 21.0. The van der Waals surface area contributed by atoms with Gasteiger partial charge in [0.05, 0.1) is 0 Å². The van der Waals surface area contributed by atoms with Crippen LogP contribution in [0, 0.1) is 5.82 Å². The summed E-state index contributed by atoms with van der Waals surface area (Å²) in [6.07, 6.45) is 6.15. The Labute approximate surface area is 150 Å². The average Bonchev–Trinajstić information content (AvgIpc) is 2.69. The van der Waals surface area contributed by atoms with Crippen LogP contribution in [0.25, 0.3) is 6.08 Å². The van der Waals surface area contributed by atoms with E-state index in [2.05, 4.69) is 10.1 Å². The van der Waals surface area contributed by atoms with Crippen molar-refractivity contribution in [1.82, 2.24) is 4.98 Å². The van der Waals surface area contributed by atoms with Crippen molar-refractivity contribution in [2.45, 2.75) is 0 Å².